The van der Waals surface area contributed by atoms with Crippen LogP contribution in [0.5, 0.6) is 0 Å². The summed E-state index contributed by atoms with van der Waals surface area (Å²) in [5.74, 6) is 2.07. The Labute approximate surface area is 151 Å². The molecule has 25 heavy (non-hydrogen) atoms. The molecule has 2 saturated heterocycles. The van der Waals surface area contributed by atoms with Crippen LogP contribution in [0.2, 0.25) is 0 Å². The van der Waals surface area contributed by atoms with E-state index in [9.17, 15) is 4.79 Å². The number of likely N-dealkylation sites (tertiary alicyclic amines) is 1. The molecule has 0 unspecified atom stereocenters. The first kappa shape index (κ1) is 18.4. The smallest absolute Gasteiger partial charge is 0.237 e. The predicted octanol–water partition coefficient (Wildman–Crippen LogP) is 1.78. The maximum atomic E-state index is 13.1. The van der Waals surface area contributed by atoms with Gasteiger partial charge in [-0.15, -0.1) is 0 Å². The van der Waals surface area contributed by atoms with Crippen LogP contribution in [-0.2, 0) is 17.8 Å². The summed E-state index contributed by atoms with van der Waals surface area (Å²) in [7, 11) is 0. The van der Waals surface area contributed by atoms with Crippen molar-refractivity contribution >= 4 is 5.91 Å². The molecule has 6 nitrogen and oxygen atoms in total. The van der Waals surface area contributed by atoms with Gasteiger partial charge in [0.1, 0.15) is 5.82 Å². The molecular formula is C19H33N5O. The topological polar surface area (TPSA) is 64.3 Å². The zero-order valence-corrected chi connectivity index (χ0v) is 15.8. The van der Waals surface area contributed by atoms with Gasteiger partial charge in [-0.1, -0.05) is 13.8 Å². The van der Waals surface area contributed by atoms with Gasteiger partial charge in [0.25, 0.3) is 0 Å². The molecule has 3 heterocycles. The fourth-order valence-corrected chi connectivity index (χ4v) is 3.89. The Morgan fingerprint density at radius 2 is 2.00 bits per heavy atom. The van der Waals surface area contributed by atoms with Crippen LogP contribution in [0.1, 0.15) is 51.0 Å². The maximum Gasteiger partial charge on any atom is 0.237 e. The number of amides is 1. The Bertz CT molecular complexity index is 544. The van der Waals surface area contributed by atoms with Crippen LogP contribution in [0, 0.1) is 5.92 Å². The quantitative estimate of drug-likeness (QED) is 0.823. The Morgan fingerprint density at radius 1 is 1.28 bits per heavy atom. The number of aromatic nitrogens is 2. The van der Waals surface area contributed by atoms with Crippen LogP contribution in [0.15, 0.2) is 6.20 Å². The van der Waals surface area contributed by atoms with Gasteiger partial charge in [0, 0.05) is 12.5 Å². The Kier molecular flexibility index (Phi) is 6.48. The number of nitrogens with one attached hydrogen (secondary N) is 2. The number of aryl methyl sites for hydroxylation is 1. The van der Waals surface area contributed by atoms with E-state index >= 15 is 0 Å². The van der Waals surface area contributed by atoms with Crippen LogP contribution < -0.4 is 5.32 Å². The molecule has 0 saturated carbocycles. The molecule has 0 aliphatic carbocycles. The van der Waals surface area contributed by atoms with E-state index in [2.05, 4.69) is 38.9 Å². The van der Waals surface area contributed by atoms with Crippen molar-refractivity contribution in [3.05, 3.63) is 17.7 Å². The number of carbonyl (C=O) groups excluding carboxylic acids is 1. The molecule has 0 spiro atoms. The molecule has 2 N–H and O–H groups in total. The summed E-state index contributed by atoms with van der Waals surface area (Å²) >= 11 is 0. The Morgan fingerprint density at radius 3 is 2.64 bits per heavy atom. The van der Waals surface area contributed by atoms with Crippen molar-refractivity contribution in [3.8, 4) is 0 Å². The van der Waals surface area contributed by atoms with Gasteiger partial charge in [-0.25, -0.2) is 4.98 Å². The third kappa shape index (κ3) is 5.05. The van der Waals surface area contributed by atoms with Gasteiger partial charge in [0.05, 0.1) is 25.0 Å². The number of aromatic amines is 1. The standard InChI is InChI=1S/C19H33N5O/c1-3-18-21-12-16(22-18)13-24(17-4-8-20-9-5-17)19(25)14-23-10-6-15(2)7-11-23/h12,15,17,20H,3-11,13-14H2,1-2H3,(H,21,22). The van der Waals surface area contributed by atoms with E-state index in [0.717, 1.165) is 62.9 Å². The van der Waals surface area contributed by atoms with Gasteiger partial charge >= 0.3 is 0 Å². The van der Waals surface area contributed by atoms with Gasteiger partial charge in [-0.2, -0.15) is 0 Å². The summed E-state index contributed by atoms with van der Waals surface area (Å²) < 4.78 is 0. The summed E-state index contributed by atoms with van der Waals surface area (Å²) in [6.45, 7) is 9.72. The molecule has 2 aliphatic heterocycles. The molecule has 1 aromatic rings. The first-order valence-corrected chi connectivity index (χ1v) is 9.91. The highest BCUT2D eigenvalue weighted by molar-refractivity contribution is 5.78. The molecule has 0 atom stereocenters. The Balaban J connectivity index is 1.65. The van der Waals surface area contributed by atoms with E-state index in [1.165, 1.54) is 12.8 Å². The first-order chi connectivity index (χ1) is 12.2. The third-order valence-corrected chi connectivity index (χ3v) is 5.66. The summed E-state index contributed by atoms with van der Waals surface area (Å²) in [5, 5.41) is 3.40. The van der Waals surface area contributed by atoms with Crippen LogP contribution in [0.25, 0.3) is 0 Å². The molecule has 6 heteroatoms. The van der Waals surface area contributed by atoms with E-state index in [1.807, 2.05) is 6.20 Å². The molecule has 0 bridgehead atoms. The largest absolute Gasteiger partial charge is 0.344 e. The van der Waals surface area contributed by atoms with Crippen molar-refractivity contribution in [3.63, 3.8) is 0 Å². The summed E-state index contributed by atoms with van der Waals surface area (Å²) in [5.41, 5.74) is 1.05. The monoisotopic (exact) mass is 347 g/mol. The lowest BCUT2D eigenvalue weighted by molar-refractivity contribution is -0.136. The van der Waals surface area contributed by atoms with Gasteiger partial charge < -0.3 is 15.2 Å². The summed E-state index contributed by atoms with van der Waals surface area (Å²) in [4.78, 5) is 25.3. The lowest BCUT2D eigenvalue weighted by Crippen LogP contribution is -2.49. The van der Waals surface area contributed by atoms with E-state index in [4.69, 9.17) is 0 Å². The van der Waals surface area contributed by atoms with Crippen molar-refractivity contribution < 1.29 is 4.79 Å². The van der Waals surface area contributed by atoms with Gasteiger partial charge in [0.2, 0.25) is 5.91 Å². The lowest BCUT2D eigenvalue weighted by Gasteiger charge is -2.37. The van der Waals surface area contributed by atoms with Crippen LogP contribution >= 0.6 is 0 Å². The molecule has 1 amide bonds. The van der Waals surface area contributed by atoms with Crippen molar-refractivity contribution in [1.29, 1.82) is 0 Å². The van der Waals surface area contributed by atoms with Crippen molar-refractivity contribution in [2.45, 2.75) is 58.5 Å². The number of hydrogen-bond acceptors (Lipinski definition) is 4. The Hall–Kier alpha value is -1.40. The molecule has 1 aromatic heterocycles. The molecule has 2 fully saturated rings. The second-order valence-electron chi connectivity index (χ2n) is 7.67. The van der Waals surface area contributed by atoms with Gasteiger partial charge in [-0.3, -0.25) is 9.69 Å². The maximum absolute atomic E-state index is 13.1. The molecule has 0 radical (unpaired) electrons. The summed E-state index contributed by atoms with van der Waals surface area (Å²) in [6, 6.07) is 0.339. The number of H-pyrrole nitrogens is 1. The fraction of sp³-hybridized carbons (Fsp3) is 0.789. The van der Waals surface area contributed by atoms with Crippen molar-refractivity contribution in [2.24, 2.45) is 5.92 Å². The number of rotatable bonds is 6. The molecule has 2 aliphatic rings. The number of imidazole rings is 1. The first-order valence-electron chi connectivity index (χ1n) is 9.91. The number of piperidine rings is 2. The van der Waals surface area contributed by atoms with E-state index in [0.29, 0.717) is 19.1 Å². The number of hydrogen-bond donors (Lipinski definition) is 2. The van der Waals surface area contributed by atoms with Gasteiger partial charge in [0.15, 0.2) is 0 Å². The van der Waals surface area contributed by atoms with Crippen LogP contribution in [0.3, 0.4) is 0 Å². The summed E-state index contributed by atoms with van der Waals surface area (Å²) in [6.07, 6.45) is 7.28. The average Bonchev–Trinajstić information content (AvgIpc) is 3.10. The van der Waals surface area contributed by atoms with Crippen LogP contribution in [-0.4, -0.2) is 64.4 Å². The zero-order valence-electron chi connectivity index (χ0n) is 15.8. The minimum Gasteiger partial charge on any atom is -0.344 e. The second-order valence-corrected chi connectivity index (χ2v) is 7.67. The van der Waals surface area contributed by atoms with E-state index < -0.39 is 0 Å². The van der Waals surface area contributed by atoms with Gasteiger partial charge in [-0.05, 0) is 57.8 Å². The van der Waals surface area contributed by atoms with E-state index in [-0.39, 0.29) is 5.91 Å². The molecule has 140 valence electrons. The lowest BCUT2D eigenvalue weighted by atomic mass is 9.99. The highest BCUT2D eigenvalue weighted by Gasteiger charge is 2.28. The number of nitrogens with zero attached hydrogens (tertiary/aromatic N) is 3. The molecule has 3 rings (SSSR count). The molecular weight excluding hydrogens is 314 g/mol. The predicted molar refractivity (Wildman–Crippen MR) is 99.2 cm³/mol. The highest BCUT2D eigenvalue weighted by atomic mass is 16.2. The minimum atomic E-state index is 0.272. The van der Waals surface area contributed by atoms with Crippen LogP contribution in [0.4, 0.5) is 0 Å². The van der Waals surface area contributed by atoms with Crippen molar-refractivity contribution in [2.75, 3.05) is 32.7 Å². The SMILES string of the molecule is CCc1ncc(CN(C(=O)CN2CCC(C)CC2)C2CCNCC2)[nH]1. The third-order valence-electron chi connectivity index (χ3n) is 5.66. The second kappa shape index (κ2) is 8.81. The zero-order chi connectivity index (χ0) is 17.6. The fourth-order valence-electron chi connectivity index (χ4n) is 3.89. The molecule has 0 aromatic carbocycles. The number of carbonyl (C=O) groups is 1. The normalized spacial score (nSPS) is 20.7. The highest BCUT2D eigenvalue weighted by Crippen LogP contribution is 2.19. The minimum absolute atomic E-state index is 0.272. The average molecular weight is 348 g/mol. The van der Waals surface area contributed by atoms with E-state index in [1.54, 1.807) is 0 Å². The van der Waals surface area contributed by atoms with Crippen molar-refractivity contribution in [1.82, 2.24) is 25.1 Å².